The van der Waals surface area contributed by atoms with Gasteiger partial charge in [-0.25, -0.2) is 4.98 Å². The Morgan fingerprint density at radius 1 is 0.964 bits per heavy atom. The second-order valence-electron chi connectivity index (χ2n) is 7.67. The third-order valence-electron chi connectivity index (χ3n) is 5.85. The Morgan fingerprint density at radius 2 is 1.71 bits per heavy atom. The summed E-state index contributed by atoms with van der Waals surface area (Å²) in [6, 6.07) is 5.66. The summed E-state index contributed by atoms with van der Waals surface area (Å²) in [5.41, 5.74) is 0.766. The minimum atomic E-state index is -0.0331. The second kappa shape index (κ2) is 6.88. The molecule has 0 amide bonds. The van der Waals surface area contributed by atoms with Gasteiger partial charge in [-0.3, -0.25) is 4.79 Å². The maximum atomic E-state index is 11.9. The summed E-state index contributed by atoms with van der Waals surface area (Å²) in [6.45, 7) is 3.81. The highest BCUT2D eigenvalue weighted by molar-refractivity contribution is 5.46. The fourth-order valence-electron chi connectivity index (χ4n) is 4.16. The Kier molecular flexibility index (Phi) is 4.22. The van der Waals surface area contributed by atoms with Crippen LogP contribution in [-0.2, 0) is 7.05 Å². The number of fused-ring (bicyclic) bond motifs is 1. The van der Waals surface area contributed by atoms with Gasteiger partial charge in [0.2, 0.25) is 0 Å². The lowest BCUT2D eigenvalue weighted by molar-refractivity contribution is 0.474. The van der Waals surface area contributed by atoms with E-state index in [-0.39, 0.29) is 5.56 Å². The summed E-state index contributed by atoms with van der Waals surface area (Å²) in [6.07, 6.45) is 5.91. The van der Waals surface area contributed by atoms with Crippen LogP contribution in [0.3, 0.4) is 0 Å². The van der Waals surface area contributed by atoms with Gasteiger partial charge in [0.1, 0.15) is 11.6 Å². The quantitative estimate of drug-likeness (QED) is 0.675. The predicted molar refractivity (Wildman–Crippen MR) is 106 cm³/mol. The van der Waals surface area contributed by atoms with Crippen molar-refractivity contribution in [3.05, 3.63) is 40.7 Å². The molecular weight excluding hydrogens is 356 g/mol. The molecule has 0 N–H and O–H groups in total. The van der Waals surface area contributed by atoms with Crippen LogP contribution in [-0.4, -0.2) is 55.5 Å². The van der Waals surface area contributed by atoms with Crippen LogP contribution in [0.4, 0.5) is 11.6 Å². The normalized spacial score (nSPS) is 18.3. The van der Waals surface area contributed by atoms with Gasteiger partial charge in [-0.2, -0.15) is 4.52 Å². The summed E-state index contributed by atoms with van der Waals surface area (Å²) < 4.78 is 3.41. The molecule has 9 nitrogen and oxygen atoms in total. The van der Waals surface area contributed by atoms with Crippen molar-refractivity contribution < 1.29 is 0 Å². The van der Waals surface area contributed by atoms with E-state index in [0.29, 0.717) is 5.92 Å². The Morgan fingerprint density at radius 3 is 2.46 bits per heavy atom. The van der Waals surface area contributed by atoms with Crippen LogP contribution in [0.1, 0.15) is 37.4 Å². The van der Waals surface area contributed by atoms with Crippen molar-refractivity contribution in [3.8, 4) is 0 Å². The average Bonchev–Trinajstić information content (AvgIpc) is 3.40. The van der Waals surface area contributed by atoms with Gasteiger partial charge in [-0.05, 0) is 37.8 Å². The summed E-state index contributed by atoms with van der Waals surface area (Å²) in [5, 5.41) is 13.6. The lowest BCUT2D eigenvalue weighted by atomic mass is 9.96. The van der Waals surface area contributed by atoms with Gasteiger partial charge in [0.15, 0.2) is 11.5 Å². The number of hydrogen-bond donors (Lipinski definition) is 0. The van der Waals surface area contributed by atoms with E-state index in [1.54, 1.807) is 19.4 Å². The van der Waals surface area contributed by atoms with Crippen LogP contribution in [0, 0.1) is 0 Å². The second-order valence-corrected chi connectivity index (χ2v) is 7.67. The van der Waals surface area contributed by atoms with Crippen molar-refractivity contribution >= 4 is 17.3 Å². The molecule has 0 spiro atoms. The first-order valence-electron chi connectivity index (χ1n) is 9.94. The standard InChI is InChI=1S/C19H24N8O/c1-24-13-20-17(12-18(24)28)26-10-6-14(7-11-26)19-22-21-15-4-5-16(23-27(15)19)25-8-2-3-9-25/h4-5,12-14H,2-3,6-11H2,1H3. The molecule has 28 heavy (non-hydrogen) atoms. The van der Waals surface area contributed by atoms with E-state index in [2.05, 4.69) is 25.0 Å². The molecule has 0 bridgehead atoms. The fraction of sp³-hybridized carbons (Fsp3) is 0.526. The van der Waals surface area contributed by atoms with E-state index in [0.717, 1.165) is 62.1 Å². The molecule has 2 aliphatic rings. The zero-order chi connectivity index (χ0) is 19.1. The highest BCUT2D eigenvalue weighted by Crippen LogP contribution is 2.29. The molecule has 9 heteroatoms. The maximum absolute atomic E-state index is 11.9. The largest absolute Gasteiger partial charge is 0.356 e. The summed E-state index contributed by atoms with van der Waals surface area (Å²) >= 11 is 0. The van der Waals surface area contributed by atoms with Crippen LogP contribution in [0.2, 0.25) is 0 Å². The van der Waals surface area contributed by atoms with Gasteiger partial charge >= 0.3 is 0 Å². The third-order valence-corrected chi connectivity index (χ3v) is 5.85. The molecule has 5 heterocycles. The van der Waals surface area contributed by atoms with Gasteiger partial charge in [0.05, 0.1) is 6.33 Å². The van der Waals surface area contributed by atoms with Crippen LogP contribution in [0.15, 0.2) is 29.3 Å². The number of aryl methyl sites for hydroxylation is 1. The number of hydrogen-bond acceptors (Lipinski definition) is 7. The Bertz CT molecular complexity index is 1040. The summed E-state index contributed by atoms with van der Waals surface area (Å²) in [4.78, 5) is 20.8. The molecule has 0 saturated carbocycles. The lowest BCUT2D eigenvalue weighted by Crippen LogP contribution is -2.35. The van der Waals surface area contributed by atoms with Crippen molar-refractivity contribution in [2.24, 2.45) is 7.05 Å². The number of rotatable bonds is 3. The SMILES string of the molecule is Cn1cnc(N2CCC(c3nnc4ccc(N5CCCC5)nn34)CC2)cc1=O. The molecule has 2 aliphatic heterocycles. The van der Waals surface area contributed by atoms with Gasteiger partial charge in [-0.1, -0.05) is 0 Å². The van der Waals surface area contributed by atoms with Crippen molar-refractivity contribution in [1.82, 2.24) is 29.4 Å². The predicted octanol–water partition coefficient (Wildman–Crippen LogP) is 1.20. The maximum Gasteiger partial charge on any atom is 0.255 e. The molecule has 2 fully saturated rings. The average molecular weight is 380 g/mol. The minimum absolute atomic E-state index is 0.0331. The smallest absolute Gasteiger partial charge is 0.255 e. The van der Waals surface area contributed by atoms with E-state index in [1.807, 2.05) is 16.6 Å². The van der Waals surface area contributed by atoms with E-state index >= 15 is 0 Å². The molecule has 5 rings (SSSR count). The van der Waals surface area contributed by atoms with E-state index in [9.17, 15) is 4.79 Å². The van der Waals surface area contributed by atoms with Gasteiger partial charge in [0, 0.05) is 45.2 Å². The molecule has 3 aromatic heterocycles. The Hall–Kier alpha value is -2.97. The monoisotopic (exact) mass is 380 g/mol. The molecular formula is C19H24N8O. The first kappa shape index (κ1) is 17.2. The molecule has 0 aromatic carbocycles. The number of nitrogens with zero attached hydrogens (tertiary/aromatic N) is 8. The first-order valence-corrected chi connectivity index (χ1v) is 9.94. The lowest BCUT2D eigenvalue weighted by Gasteiger charge is -2.31. The van der Waals surface area contributed by atoms with E-state index in [4.69, 9.17) is 5.10 Å². The molecule has 0 radical (unpaired) electrons. The molecule has 0 unspecified atom stereocenters. The summed E-state index contributed by atoms with van der Waals surface area (Å²) in [7, 11) is 1.71. The number of aromatic nitrogens is 6. The van der Waals surface area contributed by atoms with E-state index < -0.39 is 0 Å². The van der Waals surface area contributed by atoms with Crippen LogP contribution in [0.25, 0.3) is 5.65 Å². The Balaban J connectivity index is 1.35. The van der Waals surface area contributed by atoms with Crippen molar-refractivity contribution in [3.63, 3.8) is 0 Å². The number of piperidine rings is 1. The molecule has 146 valence electrons. The van der Waals surface area contributed by atoms with Crippen LogP contribution < -0.4 is 15.4 Å². The van der Waals surface area contributed by atoms with Gasteiger partial charge in [-0.15, -0.1) is 15.3 Å². The Labute approximate surface area is 162 Å². The van der Waals surface area contributed by atoms with Crippen LogP contribution >= 0.6 is 0 Å². The number of anilines is 2. The van der Waals surface area contributed by atoms with Gasteiger partial charge < -0.3 is 14.4 Å². The van der Waals surface area contributed by atoms with E-state index in [1.165, 1.54) is 17.4 Å². The zero-order valence-electron chi connectivity index (χ0n) is 16.0. The highest BCUT2D eigenvalue weighted by atomic mass is 16.1. The van der Waals surface area contributed by atoms with Crippen molar-refractivity contribution in [2.45, 2.75) is 31.6 Å². The summed E-state index contributed by atoms with van der Waals surface area (Å²) in [5.74, 6) is 3.00. The minimum Gasteiger partial charge on any atom is -0.356 e. The van der Waals surface area contributed by atoms with Crippen molar-refractivity contribution in [2.75, 3.05) is 36.0 Å². The molecule has 3 aromatic rings. The molecule has 0 aliphatic carbocycles. The molecule has 0 atom stereocenters. The zero-order valence-corrected chi connectivity index (χ0v) is 16.0. The van der Waals surface area contributed by atoms with Gasteiger partial charge in [0.25, 0.3) is 5.56 Å². The fourth-order valence-corrected chi connectivity index (χ4v) is 4.16. The third kappa shape index (κ3) is 3.00. The topological polar surface area (TPSA) is 84.5 Å². The first-order chi connectivity index (χ1) is 13.7. The van der Waals surface area contributed by atoms with Crippen LogP contribution in [0.5, 0.6) is 0 Å². The van der Waals surface area contributed by atoms with Crippen molar-refractivity contribution in [1.29, 1.82) is 0 Å². The molecule has 2 saturated heterocycles. The highest BCUT2D eigenvalue weighted by Gasteiger charge is 2.26.